The second-order valence-electron chi connectivity index (χ2n) is 5.36. The molecule has 0 aliphatic carbocycles. The van der Waals surface area contributed by atoms with Crippen LogP contribution in [0.1, 0.15) is 0 Å². The van der Waals surface area contributed by atoms with Gasteiger partial charge in [-0.15, -0.1) is 0 Å². The average Bonchev–Trinajstić information content (AvgIpc) is 3.19. The van der Waals surface area contributed by atoms with Crippen LogP contribution in [0.4, 0.5) is 83.4 Å². The van der Waals surface area contributed by atoms with Gasteiger partial charge >= 0.3 is 54.0 Å². The van der Waals surface area contributed by atoms with Crippen molar-refractivity contribution in [3.05, 3.63) is 0 Å². The molecule has 0 spiro atoms. The highest BCUT2D eigenvalue weighted by molar-refractivity contribution is 5.12. The van der Waals surface area contributed by atoms with Crippen molar-refractivity contribution < 1.29 is 88.3 Å². The smallest absolute Gasteiger partial charge is 0.225 e. The van der Waals surface area contributed by atoms with E-state index in [1.165, 1.54) is 0 Å². The third kappa shape index (κ3) is 2.97. The fourth-order valence-electron chi connectivity index (χ4n) is 1.59. The third-order valence-electron chi connectivity index (χ3n) is 3.36. The minimum atomic E-state index is -8.11. The van der Waals surface area contributed by atoms with Gasteiger partial charge in [0, 0.05) is 0 Å². The molecule has 1 saturated heterocycles. The second kappa shape index (κ2) is 6.09. The van der Waals surface area contributed by atoms with Crippen LogP contribution < -0.4 is 0 Å². The molecule has 2 nitrogen and oxygen atoms in total. The average molecular weight is 499 g/mol. The summed E-state index contributed by atoms with van der Waals surface area (Å²) in [6.07, 6.45) is -15.3. The van der Waals surface area contributed by atoms with E-state index in [1.807, 2.05) is 0 Å². The molecule has 1 heterocycles. The van der Waals surface area contributed by atoms with Gasteiger partial charge in [0.05, 0.1) is 0 Å². The van der Waals surface area contributed by atoms with Crippen LogP contribution in [0.5, 0.6) is 0 Å². The summed E-state index contributed by atoms with van der Waals surface area (Å²) < 4.78 is 239. The normalized spacial score (nSPS) is 25.5. The number of hydroxylamine groups is 2. The lowest BCUT2D eigenvalue weighted by molar-refractivity contribution is -0.427. The molecular formula is C9F19NO. The summed E-state index contributed by atoms with van der Waals surface area (Å²) in [5.41, 5.74) is 0. The molecule has 0 amide bonds. The zero-order chi connectivity index (χ0) is 24.8. The van der Waals surface area contributed by atoms with Gasteiger partial charge in [-0.05, 0) is 5.06 Å². The van der Waals surface area contributed by atoms with Crippen LogP contribution in [0.2, 0.25) is 0 Å². The summed E-state index contributed by atoms with van der Waals surface area (Å²) >= 11 is 0. The summed E-state index contributed by atoms with van der Waals surface area (Å²) in [5.74, 6) is -46.6. The highest BCUT2D eigenvalue weighted by atomic mass is 19.4. The Hall–Kier alpha value is -1.41. The largest absolute Gasteiger partial charge is 0.460 e. The van der Waals surface area contributed by atoms with Gasteiger partial charge in [-0.25, -0.2) is 4.84 Å². The van der Waals surface area contributed by atoms with Crippen LogP contribution in [-0.4, -0.2) is 59.1 Å². The lowest BCUT2D eigenvalue weighted by Crippen LogP contribution is -2.68. The number of alkyl halides is 19. The Labute approximate surface area is 149 Å². The molecule has 0 saturated carbocycles. The van der Waals surface area contributed by atoms with Crippen LogP contribution in [0, 0.1) is 0 Å². The molecule has 0 bridgehead atoms. The van der Waals surface area contributed by atoms with E-state index in [2.05, 4.69) is 4.84 Å². The molecule has 0 radical (unpaired) electrons. The number of halogens is 19. The molecule has 0 N–H and O–H groups in total. The summed E-state index contributed by atoms with van der Waals surface area (Å²) in [6, 6.07) is -7.65. The van der Waals surface area contributed by atoms with E-state index in [0.29, 0.717) is 0 Å². The van der Waals surface area contributed by atoms with Crippen molar-refractivity contribution in [3.63, 3.8) is 0 Å². The van der Waals surface area contributed by atoms with E-state index >= 15 is 0 Å². The third-order valence-corrected chi connectivity index (χ3v) is 3.36. The minimum Gasteiger partial charge on any atom is -0.225 e. The molecule has 30 heavy (non-hydrogen) atoms. The van der Waals surface area contributed by atoms with Crippen molar-refractivity contribution in [2.45, 2.75) is 54.0 Å². The van der Waals surface area contributed by atoms with Gasteiger partial charge < -0.3 is 0 Å². The molecule has 180 valence electrons. The van der Waals surface area contributed by atoms with E-state index in [-0.39, 0.29) is 0 Å². The van der Waals surface area contributed by atoms with Crippen LogP contribution in [0.15, 0.2) is 0 Å². The van der Waals surface area contributed by atoms with Crippen molar-refractivity contribution in [1.29, 1.82) is 0 Å². The molecule has 1 rings (SSSR count). The van der Waals surface area contributed by atoms with Gasteiger partial charge in [0.25, 0.3) is 0 Å². The summed E-state index contributed by atoms with van der Waals surface area (Å²) in [7, 11) is 0. The molecule has 0 aromatic rings. The van der Waals surface area contributed by atoms with Crippen molar-refractivity contribution in [2.24, 2.45) is 0 Å². The number of rotatable bonds is 6. The zero-order valence-electron chi connectivity index (χ0n) is 12.5. The van der Waals surface area contributed by atoms with Gasteiger partial charge in [-0.1, -0.05) is 0 Å². The lowest BCUT2D eigenvalue weighted by atomic mass is 10.0. The highest BCUT2D eigenvalue weighted by Crippen LogP contribution is 2.66. The van der Waals surface area contributed by atoms with Gasteiger partial charge in [0.15, 0.2) is 0 Å². The molecule has 2 atom stereocenters. The quantitative estimate of drug-likeness (QED) is 0.263. The fraction of sp³-hybridized carbons (Fsp3) is 1.00. The SMILES string of the molecule is FC(F)(F)C(F)(F)C(F)(F)C(F)(F)N1O[C@]1(F)C(F)(F)C(F)(F)C(F)(F)C(F)(F)F. The number of hydrogen-bond donors (Lipinski definition) is 0. The van der Waals surface area contributed by atoms with E-state index < -0.39 is 59.1 Å². The van der Waals surface area contributed by atoms with Crippen LogP contribution in [0.3, 0.4) is 0 Å². The van der Waals surface area contributed by atoms with Gasteiger partial charge in [-0.2, -0.15) is 83.4 Å². The Morgan fingerprint density at radius 1 is 0.467 bits per heavy atom. The standard InChI is InChI=1S/C9F19NO/c10-1(11,2(12,13)6(20,21)22)5(18,19)9(28)29(30-9)8(26,27)4(16,17)3(14,15)7(23,24)25/t9-,29?/m0/s1. The predicted octanol–water partition coefficient (Wildman–Crippen LogP) is 5.75. The van der Waals surface area contributed by atoms with Crippen molar-refractivity contribution >= 4 is 0 Å². The Morgan fingerprint density at radius 3 is 1.07 bits per heavy atom. The number of nitrogens with zero attached hydrogens (tertiary/aromatic N) is 1. The maximum atomic E-state index is 13.5. The topological polar surface area (TPSA) is 15.5 Å². The van der Waals surface area contributed by atoms with Crippen LogP contribution in [-0.2, 0) is 4.84 Å². The lowest BCUT2D eigenvalue weighted by Gasteiger charge is -2.35. The van der Waals surface area contributed by atoms with E-state index in [9.17, 15) is 83.4 Å². The first-order valence-electron chi connectivity index (χ1n) is 6.17. The maximum Gasteiger partial charge on any atom is 0.460 e. The van der Waals surface area contributed by atoms with E-state index in [0.717, 1.165) is 0 Å². The van der Waals surface area contributed by atoms with Gasteiger partial charge in [0.2, 0.25) is 0 Å². The van der Waals surface area contributed by atoms with Crippen LogP contribution >= 0.6 is 0 Å². The molecule has 1 unspecified atom stereocenters. The molecular weight excluding hydrogens is 499 g/mol. The van der Waals surface area contributed by atoms with E-state index in [4.69, 9.17) is 0 Å². The Kier molecular flexibility index (Phi) is 5.41. The first kappa shape index (κ1) is 26.6. The first-order valence-corrected chi connectivity index (χ1v) is 6.17. The maximum absolute atomic E-state index is 13.5. The summed E-state index contributed by atoms with van der Waals surface area (Å²) in [5, 5.41) is -3.32. The molecule has 1 fully saturated rings. The Bertz CT molecular complexity index is 674. The number of hydrogen-bond acceptors (Lipinski definition) is 2. The van der Waals surface area contributed by atoms with Crippen molar-refractivity contribution in [3.8, 4) is 0 Å². The predicted molar refractivity (Wildman–Crippen MR) is 48.6 cm³/mol. The van der Waals surface area contributed by atoms with Crippen molar-refractivity contribution in [2.75, 3.05) is 0 Å². The molecule has 1 aliphatic heterocycles. The van der Waals surface area contributed by atoms with Crippen LogP contribution in [0.25, 0.3) is 0 Å². The Morgan fingerprint density at radius 2 is 0.767 bits per heavy atom. The van der Waals surface area contributed by atoms with Crippen molar-refractivity contribution in [1.82, 2.24) is 5.06 Å². The van der Waals surface area contributed by atoms with Gasteiger partial charge in [-0.3, -0.25) is 0 Å². The monoisotopic (exact) mass is 499 g/mol. The first-order chi connectivity index (χ1) is 12.6. The second-order valence-corrected chi connectivity index (χ2v) is 5.36. The van der Waals surface area contributed by atoms with Gasteiger partial charge in [0.1, 0.15) is 0 Å². The van der Waals surface area contributed by atoms with E-state index in [1.54, 1.807) is 0 Å². The summed E-state index contributed by atoms with van der Waals surface area (Å²) in [6.45, 7) is 0. The Balaban J connectivity index is 3.47. The zero-order valence-corrected chi connectivity index (χ0v) is 12.5. The minimum absolute atomic E-state index is 2.13. The molecule has 0 aromatic carbocycles. The molecule has 21 heteroatoms. The molecule has 0 aromatic heterocycles. The fourth-order valence-corrected chi connectivity index (χ4v) is 1.59. The highest BCUT2D eigenvalue weighted by Gasteiger charge is 2.98. The molecule has 1 aliphatic rings. The summed E-state index contributed by atoms with van der Waals surface area (Å²) in [4.78, 5) is 2.13.